The van der Waals surface area contributed by atoms with Crippen LogP contribution in [0.5, 0.6) is 11.6 Å². The predicted octanol–water partition coefficient (Wildman–Crippen LogP) is 2.03. The minimum atomic E-state index is -1.17. The molecule has 0 radical (unpaired) electrons. The lowest BCUT2D eigenvalue weighted by Gasteiger charge is -2.07. The number of ether oxygens (including phenoxy) is 1. The number of hydrogen-bond acceptors (Lipinski definition) is 5. The van der Waals surface area contributed by atoms with Gasteiger partial charge in [-0.25, -0.2) is 9.78 Å². The molecule has 0 aliphatic carbocycles. The highest BCUT2D eigenvalue weighted by Gasteiger charge is 2.12. The molecule has 0 aliphatic heterocycles. The van der Waals surface area contributed by atoms with Crippen LogP contribution in [0.4, 0.5) is 5.69 Å². The summed E-state index contributed by atoms with van der Waals surface area (Å²) in [7, 11) is 0. The second kappa shape index (κ2) is 5.06. The lowest BCUT2D eigenvalue weighted by molar-refractivity contribution is 0.0697. The van der Waals surface area contributed by atoms with Gasteiger partial charge in [-0.1, -0.05) is 12.1 Å². The van der Waals surface area contributed by atoms with Crippen LogP contribution in [0, 0.1) is 11.3 Å². The molecule has 0 saturated heterocycles. The molecule has 0 unspecified atom stereocenters. The van der Waals surface area contributed by atoms with Crippen molar-refractivity contribution in [2.45, 2.75) is 0 Å². The molecular formula is C13H9N3O3. The van der Waals surface area contributed by atoms with Gasteiger partial charge in [-0.2, -0.15) is 5.26 Å². The van der Waals surface area contributed by atoms with Gasteiger partial charge in [0.15, 0.2) is 0 Å². The Morgan fingerprint density at radius 1 is 1.42 bits per heavy atom. The van der Waals surface area contributed by atoms with Crippen LogP contribution in [0.3, 0.4) is 0 Å². The maximum absolute atomic E-state index is 10.9. The van der Waals surface area contributed by atoms with E-state index in [1.54, 1.807) is 24.3 Å². The molecule has 0 aliphatic rings. The number of rotatable bonds is 3. The first-order valence-electron chi connectivity index (χ1n) is 5.27. The smallest absolute Gasteiger partial charge is 0.338 e. The van der Waals surface area contributed by atoms with Crippen molar-refractivity contribution in [2.24, 2.45) is 0 Å². The molecule has 6 heteroatoms. The number of aromatic carboxylic acids is 1. The molecule has 0 spiro atoms. The molecule has 0 amide bonds. The fourth-order valence-electron chi connectivity index (χ4n) is 1.45. The SMILES string of the molecule is N#Cc1ccccc1Oc1cc(C(=O)O)c(N)cn1. The fraction of sp³-hybridized carbons (Fsp3) is 0. The number of pyridine rings is 1. The minimum Gasteiger partial charge on any atom is -0.478 e. The summed E-state index contributed by atoms with van der Waals surface area (Å²) in [5.41, 5.74) is 5.77. The molecule has 0 bridgehead atoms. The number of carbonyl (C=O) groups is 1. The highest BCUT2D eigenvalue weighted by molar-refractivity contribution is 5.93. The first kappa shape index (κ1) is 12.4. The van der Waals surface area contributed by atoms with Gasteiger partial charge in [0.25, 0.3) is 0 Å². The lowest BCUT2D eigenvalue weighted by Crippen LogP contribution is -2.04. The Morgan fingerprint density at radius 2 is 2.16 bits per heavy atom. The van der Waals surface area contributed by atoms with Crippen molar-refractivity contribution < 1.29 is 14.6 Å². The largest absolute Gasteiger partial charge is 0.478 e. The summed E-state index contributed by atoms with van der Waals surface area (Å²) in [4.78, 5) is 14.8. The van der Waals surface area contributed by atoms with E-state index in [0.29, 0.717) is 11.3 Å². The molecule has 0 atom stereocenters. The van der Waals surface area contributed by atoms with Crippen molar-refractivity contribution in [3.63, 3.8) is 0 Å². The summed E-state index contributed by atoms with van der Waals surface area (Å²) >= 11 is 0. The Balaban J connectivity index is 2.37. The van der Waals surface area contributed by atoms with Crippen molar-refractivity contribution in [3.05, 3.63) is 47.7 Å². The number of aromatic nitrogens is 1. The van der Waals surface area contributed by atoms with Gasteiger partial charge in [-0.05, 0) is 12.1 Å². The number of anilines is 1. The molecule has 1 aromatic heterocycles. The van der Waals surface area contributed by atoms with Crippen LogP contribution < -0.4 is 10.5 Å². The van der Waals surface area contributed by atoms with Gasteiger partial charge in [0.1, 0.15) is 11.8 Å². The zero-order valence-electron chi connectivity index (χ0n) is 9.70. The topological polar surface area (TPSA) is 109 Å². The molecule has 6 nitrogen and oxygen atoms in total. The summed E-state index contributed by atoms with van der Waals surface area (Å²) in [5.74, 6) is -0.800. The minimum absolute atomic E-state index is 0.0495. The predicted molar refractivity (Wildman–Crippen MR) is 66.8 cm³/mol. The molecule has 1 heterocycles. The second-order valence-corrected chi connectivity index (χ2v) is 3.62. The quantitative estimate of drug-likeness (QED) is 0.868. The number of carboxylic acids is 1. The monoisotopic (exact) mass is 255 g/mol. The highest BCUT2D eigenvalue weighted by atomic mass is 16.5. The Morgan fingerprint density at radius 3 is 2.84 bits per heavy atom. The van der Waals surface area contributed by atoms with E-state index in [0.717, 1.165) is 0 Å². The van der Waals surface area contributed by atoms with Crippen molar-refractivity contribution in [1.82, 2.24) is 4.98 Å². The third-order valence-corrected chi connectivity index (χ3v) is 2.36. The van der Waals surface area contributed by atoms with E-state index >= 15 is 0 Å². The number of para-hydroxylation sites is 1. The number of carboxylic acid groups (broad SMARTS) is 1. The van der Waals surface area contributed by atoms with Crippen molar-refractivity contribution in [3.8, 4) is 17.7 Å². The molecule has 0 saturated carbocycles. The molecular weight excluding hydrogens is 246 g/mol. The summed E-state index contributed by atoms with van der Waals surface area (Å²) in [5, 5.41) is 17.9. The van der Waals surface area contributed by atoms with Crippen LogP contribution in [0.2, 0.25) is 0 Å². The molecule has 19 heavy (non-hydrogen) atoms. The van der Waals surface area contributed by atoms with Crippen LogP contribution in [0.15, 0.2) is 36.5 Å². The summed E-state index contributed by atoms with van der Waals surface area (Å²) < 4.78 is 5.39. The third kappa shape index (κ3) is 2.61. The van der Waals surface area contributed by atoms with E-state index < -0.39 is 5.97 Å². The second-order valence-electron chi connectivity index (χ2n) is 3.62. The van der Waals surface area contributed by atoms with E-state index in [1.807, 2.05) is 6.07 Å². The van der Waals surface area contributed by atoms with Gasteiger partial charge in [-0.15, -0.1) is 0 Å². The number of nitriles is 1. The van der Waals surface area contributed by atoms with E-state index in [-0.39, 0.29) is 17.1 Å². The third-order valence-electron chi connectivity index (χ3n) is 2.36. The van der Waals surface area contributed by atoms with E-state index in [1.165, 1.54) is 12.3 Å². The average Bonchev–Trinajstić information content (AvgIpc) is 2.41. The zero-order valence-corrected chi connectivity index (χ0v) is 9.70. The van der Waals surface area contributed by atoms with Gasteiger partial charge in [-0.3, -0.25) is 0 Å². The number of nitrogens with zero attached hydrogens (tertiary/aromatic N) is 2. The van der Waals surface area contributed by atoms with E-state index in [2.05, 4.69) is 4.98 Å². The standard InChI is InChI=1S/C13H9N3O3/c14-6-8-3-1-2-4-11(8)19-12-5-9(13(17)18)10(15)7-16-12/h1-5,7H,15H2,(H,17,18). The summed E-state index contributed by atoms with van der Waals surface area (Å²) in [6, 6.07) is 9.77. The van der Waals surface area contributed by atoms with Gasteiger partial charge >= 0.3 is 5.97 Å². The van der Waals surface area contributed by atoms with E-state index in [4.69, 9.17) is 20.8 Å². The zero-order chi connectivity index (χ0) is 13.8. The highest BCUT2D eigenvalue weighted by Crippen LogP contribution is 2.25. The van der Waals surface area contributed by atoms with Crippen LogP contribution in [-0.4, -0.2) is 16.1 Å². The van der Waals surface area contributed by atoms with Gasteiger partial charge in [0, 0.05) is 6.07 Å². The van der Waals surface area contributed by atoms with Crippen LogP contribution in [0.1, 0.15) is 15.9 Å². The van der Waals surface area contributed by atoms with Gasteiger partial charge in [0.2, 0.25) is 5.88 Å². The Kier molecular flexibility index (Phi) is 3.30. The van der Waals surface area contributed by atoms with Crippen molar-refractivity contribution >= 4 is 11.7 Å². The van der Waals surface area contributed by atoms with E-state index in [9.17, 15) is 4.79 Å². The summed E-state index contributed by atoms with van der Waals surface area (Å²) in [6.07, 6.45) is 1.20. The normalized spacial score (nSPS) is 9.63. The maximum Gasteiger partial charge on any atom is 0.338 e. The number of nitrogens with two attached hydrogens (primary N) is 1. The van der Waals surface area contributed by atoms with Crippen LogP contribution >= 0.6 is 0 Å². The van der Waals surface area contributed by atoms with Crippen LogP contribution in [-0.2, 0) is 0 Å². The molecule has 1 aromatic carbocycles. The average molecular weight is 255 g/mol. The van der Waals surface area contributed by atoms with Crippen LogP contribution in [0.25, 0.3) is 0 Å². The number of hydrogen-bond donors (Lipinski definition) is 2. The Bertz CT molecular complexity index is 677. The molecule has 2 aromatic rings. The Hall–Kier alpha value is -3.07. The first-order valence-corrected chi connectivity index (χ1v) is 5.27. The Labute approximate surface area is 108 Å². The molecule has 2 rings (SSSR count). The van der Waals surface area contributed by atoms with Crippen molar-refractivity contribution in [2.75, 3.05) is 5.73 Å². The van der Waals surface area contributed by atoms with Gasteiger partial charge in [0.05, 0.1) is 23.0 Å². The maximum atomic E-state index is 10.9. The summed E-state index contributed by atoms with van der Waals surface area (Å²) in [6.45, 7) is 0. The first-order chi connectivity index (χ1) is 9.11. The number of benzene rings is 1. The van der Waals surface area contributed by atoms with Gasteiger partial charge < -0.3 is 15.6 Å². The fourth-order valence-corrected chi connectivity index (χ4v) is 1.45. The van der Waals surface area contributed by atoms with Crippen molar-refractivity contribution in [1.29, 1.82) is 5.26 Å². The molecule has 0 fully saturated rings. The lowest BCUT2D eigenvalue weighted by atomic mass is 10.2. The number of nitrogen functional groups attached to an aromatic ring is 1. The molecule has 3 N–H and O–H groups in total. The molecule has 94 valence electrons.